The average Bonchev–Trinajstić information content (AvgIpc) is 2.88. The second-order valence-electron chi connectivity index (χ2n) is 8.03. The summed E-state index contributed by atoms with van der Waals surface area (Å²) in [5.41, 5.74) is 5.01. The second-order valence-corrected chi connectivity index (χ2v) is 8.03. The molecule has 4 rings (SSSR count). The van der Waals surface area contributed by atoms with E-state index in [1.807, 2.05) is 56.3 Å². The minimum Gasteiger partial charge on any atom is -0.494 e. The van der Waals surface area contributed by atoms with Gasteiger partial charge in [-0.05, 0) is 66.6 Å². The highest BCUT2D eigenvalue weighted by atomic mass is 16.5. The lowest BCUT2D eigenvalue weighted by Gasteiger charge is -2.11. The second kappa shape index (κ2) is 11.1. The molecule has 0 unspecified atom stereocenters. The molecule has 0 aliphatic heterocycles. The van der Waals surface area contributed by atoms with E-state index in [0.717, 1.165) is 22.8 Å². The Balaban J connectivity index is 1.55. The van der Waals surface area contributed by atoms with Gasteiger partial charge in [-0.2, -0.15) is 5.10 Å². The highest BCUT2D eigenvalue weighted by Gasteiger charge is 2.14. The van der Waals surface area contributed by atoms with Crippen molar-refractivity contribution in [2.45, 2.75) is 20.3 Å². The largest absolute Gasteiger partial charge is 0.494 e. The van der Waals surface area contributed by atoms with Gasteiger partial charge < -0.3 is 9.47 Å². The number of rotatable bonds is 8. The lowest BCUT2D eigenvalue weighted by Crippen LogP contribution is -2.17. The molecular weight excluding hydrogens is 440 g/mol. The highest BCUT2D eigenvalue weighted by Crippen LogP contribution is 2.27. The van der Waals surface area contributed by atoms with Crippen LogP contribution in [0.1, 0.15) is 45.2 Å². The Labute approximate surface area is 204 Å². The normalized spacial score (nSPS) is 10.9. The molecule has 0 saturated carbocycles. The molecule has 0 aliphatic rings. The van der Waals surface area contributed by atoms with Crippen molar-refractivity contribution in [3.05, 3.63) is 107 Å². The van der Waals surface area contributed by atoms with Crippen LogP contribution in [0.2, 0.25) is 0 Å². The smallest absolute Gasteiger partial charge is 0.343 e. The van der Waals surface area contributed by atoms with Crippen LogP contribution in [-0.2, 0) is 0 Å². The molecule has 6 heteroatoms. The zero-order chi connectivity index (χ0) is 24.6. The van der Waals surface area contributed by atoms with Crippen molar-refractivity contribution in [2.75, 3.05) is 6.61 Å². The van der Waals surface area contributed by atoms with Gasteiger partial charge in [0.2, 0.25) is 0 Å². The first-order valence-corrected chi connectivity index (χ1v) is 11.4. The summed E-state index contributed by atoms with van der Waals surface area (Å²) in [5, 5.41) is 5.95. The fourth-order valence-electron chi connectivity index (χ4n) is 3.57. The van der Waals surface area contributed by atoms with E-state index in [1.165, 1.54) is 6.21 Å². The van der Waals surface area contributed by atoms with Gasteiger partial charge in [0.25, 0.3) is 5.91 Å². The monoisotopic (exact) mass is 466 g/mol. The Morgan fingerprint density at radius 2 is 1.71 bits per heavy atom. The lowest BCUT2D eigenvalue weighted by molar-refractivity contribution is 0.0734. The number of hydrogen-bond acceptors (Lipinski definition) is 5. The first-order valence-electron chi connectivity index (χ1n) is 11.4. The predicted molar refractivity (Wildman–Crippen MR) is 137 cm³/mol. The van der Waals surface area contributed by atoms with Crippen molar-refractivity contribution in [3.8, 4) is 11.5 Å². The fourth-order valence-corrected chi connectivity index (χ4v) is 3.57. The molecule has 0 fully saturated rings. The Kier molecular flexibility index (Phi) is 7.53. The summed E-state index contributed by atoms with van der Waals surface area (Å²) < 4.78 is 11.3. The SMILES string of the molecule is CCCOc1ccc(C(=O)N/N=C/c2c(OC(=O)c3cccc(C)c3)ccc3ccccc23)cc1. The number of hydrogen-bond donors (Lipinski definition) is 1. The molecule has 4 aromatic rings. The van der Waals surface area contributed by atoms with E-state index in [1.54, 1.807) is 42.5 Å². The summed E-state index contributed by atoms with van der Waals surface area (Å²) in [5.74, 6) is 0.239. The lowest BCUT2D eigenvalue weighted by atomic mass is 10.0. The number of nitrogens with one attached hydrogen (secondary N) is 1. The fraction of sp³-hybridized carbons (Fsp3) is 0.138. The van der Waals surface area contributed by atoms with Crippen LogP contribution in [-0.4, -0.2) is 24.7 Å². The van der Waals surface area contributed by atoms with Crippen LogP contribution in [0.3, 0.4) is 0 Å². The number of ether oxygens (including phenoxy) is 2. The van der Waals surface area contributed by atoms with Gasteiger partial charge in [-0.3, -0.25) is 4.79 Å². The maximum absolute atomic E-state index is 12.8. The molecular formula is C29H26N2O4. The number of benzene rings is 4. The third-order valence-corrected chi connectivity index (χ3v) is 5.34. The molecule has 6 nitrogen and oxygen atoms in total. The maximum atomic E-state index is 12.8. The van der Waals surface area contributed by atoms with Crippen LogP contribution >= 0.6 is 0 Å². The van der Waals surface area contributed by atoms with Gasteiger partial charge in [-0.1, -0.05) is 55.0 Å². The van der Waals surface area contributed by atoms with E-state index >= 15 is 0 Å². The molecule has 0 atom stereocenters. The van der Waals surface area contributed by atoms with Crippen LogP contribution in [0.4, 0.5) is 0 Å². The standard InChI is InChI=1S/C29H26N2O4/c1-3-17-34-24-14-11-22(12-15-24)28(32)31-30-19-26-25-10-5-4-8-21(25)13-16-27(26)35-29(33)23-9-6-7-20(2)18-23/h4-16,18-19H,3,17H2,1-2H3,(H,31,32)/b30-19+. The third kappa shape index (κ3) is 5.92. The minimum atomic E-state index is -0.465. The number of amides is 1. The molecule has 0 saturated heterocycles. The summed E-state index contributed by atoms with van der Waals surface area (Å²) in [6.07, 6.45) is 2.41. The first-order chi connectivity index (χ1) is 17.0. The van der Waals surface area contributed by atoms with Crippen molar-refractivity contribution < 1.29 is 19.1 Å². The van der Waals surface area contributed by atoms with E-state index in [4.69, 9.17) is 9.47 Å². The van der Waals surface area contributed by atoms with Gasteiger partial charge in [-0.15, -0.1) is 0 Å². The molecule has 1 amide bonds. The number of nitrogens with zero attached hydrogens (tertiary/aromatic N) is 1. The average molecular weight is 467 g/mol. The molecule has 0 radical (unpaired) electrons. The van der Waals surface area contributed by atoms with Crippen molar-refractivity contribution in [3.63, 3.8) is 0 Å². The van der Waals surface area contributed by atoms with E-state index in [2.05, 4.69) is 10.5 Å². The van der Waals surface area contributed by atoms with Gasteiger partial charge in [0.1, 0.15) is 11.5 Å². The van der Waals surface area contributed by atoms with E-state index in [0.29, 0.717) is 34.8 Å². The number of fused-ring (bicyclic) bond motifs is 1. The van der Waals surface area contributed by atoms with Crippen LogP contribution in [0.5, 0.6) is 11.5 Å². The van der Waals surface area contributed by atoms with Crippen molar-refractivity contribution in [2.24, 2.45) is 5.10 Å². The molecule has 0 bridgehead atoms. The van der Waals surface area contributed by atoms with Gasteiger partial charge in [-0.25, -0.2) is 10.2 Å². The van der Waals surface area contributed by atoms with Gasteiger partial charge in [0.15, 0.2) is 0 Å². The van der Waals surface area contributed by atoms with E-state index in [-0.39, 0.29) is 5.91 Å². The molecule has 0 spiro atoms. The minimum absolute atomic E-state index is 0.352. The van der Waals surface area contributed by atoms with Crippen LogP contribution in [0, 0.1) is 6.92 Å². The van der Waals surface area contributed by atoms with Crippen LogP contribution in [0.15, 0.2) is 90.0 Å². The zero-order valence-corrected chi connectivity index (χ0v) is 19.7. The van der Waals surface area contributed by atoms with Gasteiger partial charge >= 0.3 is 5.97 Å². The topological polar surface area (TPSA) is 77.0 Å². The maximum Gasteiger partial charge on any atom is 0.343 e. The molecule has 35 heavy (non-hydrogen) atoms. The summed E-state index contributed by atoms with van der Waals surface area (Å²) in [6.45, 7) is 4.57. The Morgan fingerprint density at radius 3 is 2.49 bits per heavy atom. The highest BCUT2D eigenvalue weighted by molar-refractivity contribution is 6.04. The van der Waals surface area contributed by atoms with Crippen LogP contribution in [0.25, 0.3) is 10.8 Å². The van der Waals surface area contributed by atoms with Gasteiger partial charge in [0, 0.05) is 11.1 Å². The summed E-state index contributed by atoms with van der Waals surface area (Å²) >= 11 is 0. The van der Waals surface area contributed by atoms with Crippen LogP contribution < -0.4 is 14.9 Å². The Hall–Kier alpha value is -4.45. The van der Waals surface area contributed by atoms with E-state index < -0.39 is 5.97 Å². The number of hydrazone groups is 1. The Morgan fingerprint density at radius 1 is 0.914 bits per heavy atom. The van der Waals surface area contributed by atoms with Crippen molar-refractivity contribution in [1.82, 2.24) is 5.43 Å². The molecule has 0 aliphatic carbocycles. The third-order valence-electron chi connectivity index (χ3n) is 5.34. The summed E-state index contributed by atoms with van der Waals surface area (Å²) in [7, 11) is 0. The quantitative estimate of drug-likeness (QED) is 0.151. The molecule has 4 aromatic carbocycles. The Bertz CT molecular complexity index is 1380. The number of carbonyl (C=O) groups excluding carboxylic acids is 2. The first kappa shape index (κ1) is 23.7. The number of aryl methyl sites for hydroxylation is 1. The van der Waals surface area contributed by atoms with Crippen molar-refractivity contribution in [1.29, 1.82) is 0 Å². The zero-order valence-electron chi connectivity index (χ0n) is 19.7. The van der Waals surface area contributed by atoms with Crippen molar-refractivity contribution >= 4 is 28.9 Å². The van der Waals surface area contributed by atoms with E-state index in [9.17, 15) is 9.59 Å². The number of esters is 1. The summed E-state index contributed by atoms with van der Waals surface area (Å²) in [4.78, 5) is 25.3. The number of carbonyl (C=O) groups is 2. The molecule has 176 valence electrons. The predicted octanol–water partition coefficient (Wildman–Crippen LogP) is 5.92. The molecule has 0 heterocycles. The molecule has 1 N–H and O–H groups in total. The summed E-state index contributed by atoms with van der Waals surface area (Å²) in [6, 6.07) is 25.4. The molecule has 0 aromatic heterocycles. The van der Waals surface area contributed by atoms with Gasteiger partial charge in [0.05, 0.1) is 18.4 Å².